The largest absolute Gasteiger partial charge is 0.310 e. The summed E-state index contributed by atoms with van der Waals surface area (Å²) in [5.41, 5.74) is 3.07. The summed E-state index contributed by atoms with van der Waals surface area (Å²) in [5, 5.41) is 3.35. The predicted molar refractivity (Wildman–Crippen MR) is 85.4 cm³/mol. The van der Waals surface area contributed by atoms with E-state index >= 15 is 0 Å². The molecule has 2 aromatic rings. The minimum absolute atomic E-state index is 0.000461. The van der Waals surface area contributed by atoms with Crippen LogP contribution in [0.25, 0.3) is 0 Å². The van der Waals surface area contributed by atoms with Gasteiger partial charge < -0.3 is 10.3 Å². The number of hydrogen-bond donors (Lipinski definition) is 2. The highest BCUT2D eigenvalue weighted by atomic mass is 16.1. The molecule has 0 saturated carbocycles. The lowest BCUT2D eigenvalue weighted by atomic mass is 10.1. The Kier molecular flexibility index (Phi) is 4.58. The lowest BCUT2D eigenvalue weighted by Crippen LogP contribution is -2.35. The lowest BCUT2D eigenvalue weighted by Gasteiger charge is -2.20. The van der Waals surface area contributed by atoms with Crippen LogP contribution >= 0.6 is 0 Å². The van der Waals surface area contributed by atoms with Gasteiger partial charge in [0, 0.05) is 24.6 Å². The van der Waals surface area contributed by atoms with Crippen LogP contribution in [0.15, 0.2) is 35.1 Å². The van der Waals surface area contributed by atoms with Gasteiger partial charge in [0.2, 0.25) is 0 Å². The summed E-state index contributed by atoms with van der Waals surface area (Å²) < 4.78 is 0. The van der Waals surface area contributed by atoms with Gasteiger partial charge in [0.1, 0.15) is 5.82 Å². The number of benzene rings is 1. The van der Waals surface area contributed by atoms with Crippen LogP contribution < -0.4 is 10.9 Å². The first kappa shape index (κ1) is 15.4. The molecular formula is C17H23N3O. The summed E-state index contributed by atoms with van der Waals surface area (Å²) >= 11 is 0. The number of hydrogen-bond acceptors (Lipinski definition) is 3. The van der Waals surface area contributed by atoms with Crippen LogP contribution in [0.4, 0.5) is 0 Å². The zero-order valence-electron chi connectivity index (χ0n) is 13.2. The molecule has 0 unspecified atom stereocenters. The van der Waals surface area contributed by atoms with Gasteiger partial charge in [-0.2, -0.15) is 0 Å². The number of aromatic amines is 1. The van der Waals surface area contributed by atoms with Gasteiger partial charge in [-0.3, -0.25) is 4.79 Å². The first-order chi connectivity index (χ1) is 9.83. The molecule has 0 saturated heterocycles. The monoisotopic (exact) mass is 285 g/mol. The molecule has 0 aliphatic rings. The average molecular weight is 285 g/mol. The minimum atomic E-state index is -0.0979. The summed E-state index contributed by atoms with van der Waals surface area (Å²) in [6, 6.07) is 9.71. The number of aryl methyl sites for hydroxylation is 1. The van der Waals surface area contributed by atoms with Crippen molar-refractivity contribution in [1.29, 1.82) is 0 Å². The molecule has 0 fully saturated rings. The van der Waals surface area contributed by atoms with Crippen LogP contribution in [0.5, 0.6) is 0 Å². The van der Waals surface area contributed by atoms with Crippen LogP contribution in [-0.2, 0) is 13.0 Å². The molecule has 0 amide bonds. The Morgan fingerprint density at radius 3 is 2.62 bits per heavy atom. The molecule has 1 heterocycles. The third-order valence-corrected chi connectivity index (χ3v) is 3.26. The molecule has 0 aliphatic heterocycles. The maximum absolute atomic E-state index is 11.8. The van der Waals surface area contributed by atoms with Gasteiger partial charge in [-0.1, -0.05) is 24.3 Å². The first-order valence-electron chi connectivity index (χ1n) is 7.22. The van der Waals surface area contributed by atoms with E-state index in [-0.39, 0.29) is 11.1 Å². The third kappa shape index (κ3) is 4.83. The molecule has 0 radical (unpaired) electrons. The van der Waals surface area contributed by atoms with E-state index in [1.807, 2.05) is 12.1 Å². The molecule has 21 heavy (non-hydrogen) atoms. The molecule has 0 spiro atoms. The zero-order chi connectivity index (χ0) is 15.5. The van der Waals surface area contributed by atoms with Crippen LogP contribution in [0.2, 0.25) is 0 Å². The molecule has 1 aromatic heterocycles. The van der Waals surface area contributed by atoms with Crippen molar-refractivity contribution >= 4 is 0 Å². The second-order valence-corrected chi connectivity index (χ2v) is 6.39. The van der Waals surface area contributed by atoms with Crippen LogP contribution in [0, 0.1) is 6.92 Å². The lowest BCUT2D eigenvalue weighted by molar-refractivity contribution is 0.420. The highest BCUT2D eigenvalue weighted by molar-refractivity contribution is 5.28. The molecular weight excluding hydrogens is 262 g/mol. The van der Waals surface area contributed by atoms with Gasteiger partial charge >= 0.3 is 0 Å². The molecule has 4 heteroatoms. The van der Waals surface area contributed by atoms with Crippen molar-refractivity contribution in [1.82, 2.24) is 15.3 Å². The fourth-order valence-electron chi connectivity index (χ4n) is 2.08. The van der Waals surface area contributed by atoms with E-state index in [9.17, 15) is 4.79 Å². The highest BCUT2D eigenvalue weighted by Crippen LogP contribution is 2.10. The Morgan fingerprint density at radius 2 is 1.95 bits per heavy atom. The standard InChI is InChI=1S/C17H23N3O/c1-12-7-5-6-8-13(12)9-15-19-14(10-16(21)20-15)11-18-17(2,3)4/h5-8,10,18H,9,11H2,1-4H3,(H,19,20,21). The average Bonchev–Trinajstić information content (AvgIpc) is 2.38. The Labute approximate surface area is 125 Å². The summed E-state index contributed by atoms with van der Waals surface area (Å²) in [6.07, 6.45) is 0.644. The van der Waals surface area contributed by atoms with Crippen LogP contribution in [0.1, 0.15) is 43.4 Å². The van der Waals surface area contributed by atoms with Gasteiger partial charge in [-0.05, 0) is 38.8 Å². The SMILES string of the molecule is Cc1ccccc1Cc1nc(CNC(C)(C)C)cc(=O)[nH]1. The number of H-pyrrole nitrogens is 1. The number of nitrogens with zero attached hydrogens (tertiary/aromatic N) is 1. The number of rotatable bonds is 4. The van der Waals surface area contributed by atoms with Crippen molar-refractivity contribution in [2.45, 2.75) is 46.2 Å². The van der Waals surface area contributed by atoms with E-state index in [2.05, 4.69) is 55.1 Å². The normalized spacial score (nSPS) is 11.6. The maximum atomic E-state index is 11.8. The first-order valence-corrected chi connectivity index (χ1v) is 7.22. The summed E-state index contributed by atoms with van der Waals surface area (Å²) in [7, 11) is 0. The Morgan fingerprint density at radius 1 is 1.24 bits per heavy atom. The summed E-state index contributed by atoms with van der Waals surface area (Å²) in [6.45, 7) is 8.93. The van der Waals surface area contributed by atoms with E-state index in [0.29, 0.717) is 18.8 Å². The van der Waals surface area contributed by atoms with Crippen molar-refractivity contribution in [2.75, 3.05) is 0 Å². The molecule has 0 bridgehead atoms. The van der Waals surface area contributed by atoms with E-state index in [0.717, 1.165) is 5.69 Å². The molecule has 2 N–H and O–H groups in total. The predicted octanol–water partition coefficient (Wildman–Crippen LogP) is 2.56. The van der Waals surface area contributed by atoms with Gasteiger partial charge in [-0.25, -0.2) is 4.98 Å². The number of aromatic nitrogens is 2. The van der Waals surface area contributed by atoms with E-state index < -0.39 is 0 Å². The summed E-state index contributed by atoms with van der Waals surface area (Å²) in [5.74, 6) is 0.711. The van der Waals surface area contributed by atoms with Crippen molar-refractivity contribution in [2.24, 2.45) is 0 Å². The Bertz CT molecular complexity index is 668. The van der Waals surface area contributed by atoms with Gasteiger partial charge in [-0.15, -0.1) is 0 Å². The van der Waals surface area contributed by atoms with Crippen molar-refractivity contribution < 1.29 is 0 Å². The quantitative estimate of drug-likeness (QED) is 0.907. The third-order valence-electron chi connectivity index (χ3n) is 3.26. The molecule has 0 aliphatic carbocycles. The molecule has 1 aromatic carbocycles. The smallest absolute Gasteiger partial charge is 0.251 e. The highest BCUT2D eigenvalue weighted by Gasteiger charge is 2.10. The molecule has 0 atom stereocenters. The van der Waals surface area contributed by atoms with E-state index in [1.165, 1.54) is 11.1 Å². The van der Waals surface area contributed by atoms with Gasteiger partial charge in [0.25, 0.3) is 5.56 Å². The fraction of sp³-hybridized carbons (Fsp3) is 0.412. The van der Waals surface area contributed by atoms with E-state index in [4.69, 9.17) is 0 Å². The fourth-order valence-corrected chi connectivity index (χ4v) is 2.08. The van der Waals surface area contributed by atoms with Crippen LogP contribution in [0.3, 0.4) is 0 Å². The van der Waals surface area contributed by atoms with Crippen molar-refractivity contribution in [3.05, 3.63) is 63.3 Å². The maximum Gasteiger partial charge on any atom is 0.251 e. The second-order valence-electron chi connectivity index (χ2n) is 6.39. The zero-order valence-corrected chi connectivity index (χ0v) is 13.2. The van der Waals surface area contributed by atoms with Gasteiger partial charge in [0.05, 0.1) is 5.69 Å². The molecule has 4 nitrogen and oxygen atoms in total. The van der Waals surface area contributed by atoms with Gasteiger partial charge in [0.15, 0.2) is 0 Å². The Hall–Kier alpha value is -1.94. The van der Waals surface area contributed by atoms with E-state index in [1.54, 1.807) is 6.07 Å². The Balaban J connectivity index is 2.19. The second kappa shape index (κ2) is 6.22. The van der Waals surface area contributed by atoms with Crippen LogP contribution in [-0.4, -0.2) is 15.5 Å². The minimum Gasteiger partial charge on any atom is -0.310 e. The number of nitrogens with one attached hydrogen (secondary N) is 2. The van der Waals surface area contributed by atoms with Crippen molar-refractivity contribution in [3.8, 4) is 0 Å². The molecule has 112 valence electrons. The summed E-state index contributed by atoms with van der Waals surface area (Å²) in [4.78, 5) is 19.2. The topological polar surface area (TPSA) is 57.8 Å². The molecule has 2 rings (SSSR count). The van der Waals surface area contributed by atoms with Crippen molar-refractivity contribution in [3.63, 3.8) is 0 Å².